The number of hydrogen-bond donors (Lipinski definition) is 1. The van der Waals surface area contributed by atoms with E-state index >= 15 is 0 Å². The molecule has 1 N–H and O–H groups in total. The molecule has 0 amide bonds. The number of aliphatic hydroxyl groups excluding tert-OH is 1. The van der Waals surface area contributed by atoms with E-state index in [2.05, 4.69) is 47.6 Å². The summed E-state index contributed by atoms with van der Waals surface area (Å²) in [5, 5.41) is 10.7. The summed E-state index contributed by atoms with van der Waals surface area (Å²) in [7, 11) is 0. The normalized spacial score (nSPS) is 51.3. The average molecular weight is 413 g/mol. The molecule has 5 rings (SSSR count). The lowest BCUT2D eigenvalue weighted by Crippen LogP contribution is -2.54. The van der Waals surface area contributed by atoms with Crippen LogP contribution >= 0.6 is 0 Å². The molecule has 0 aromatic heterocycles. The highest BCUT2D eigenvalue weighted by molar-refractivity contribution is 5.33. The SMILES string of the molecule is CC1=CCC[C@]23C[C@]24CC[C@]2(C)[C@@H]([C@H](C)CC(O)CC(C)C)CC[C@@]2(C)[C@@H]4CC[C@@H]13. The Morgan fingerprint density at radius 3 is 2.43 bits per heavy atom. The molecule has 30 heavy (non-hydrogen) atoms. The van der Waals surface area contributed by atoms with Gasteiger partial charge in [0, 0.05) is 0 Å². The first-order valence-corrected chi connectivity index (χ1v) is 13.4. The quantitative estimate of drug-likeness (QED) is 0.457. The number of allylic oxidation sites excluding steroid dienone is 2. The van der Waals surface area contributed by atoms with Crippen molar-refractivity contribution in [3.8, 4) is 0 Å². The van der Waals surface area contributed by atoms with Crippen LogP contribution in [0.25, 0.3) is 0 Å². The van der Waals surface area contributed by atoms with Crippen molar-refractivity contribution in [3.63, 3.8) is 0 Å². The average Bonchev–Trinajstić information content (AvgIpc) is 3.22. The summed E-state index contributed by atoms with van der Waals surface area (Å²) in [5.41, 5.74) is 4.13. The van der Waals surface area contributed by atoms with Crippen molar-refractivity contribution < 1.29 is 5.11 Å². The van der Waals surface area contributed by atoms with Crippen LogP contribution < -0.4 is 0 Å². The summed E-state index contributed by atoms with van der Waals surface area (Å²) >= 11 is 0. The van der Waals surface area contributed by atoms with Gasteiger partial charge < -0.3 is 5.11 Å². The largest absolute Gasteiger partial charge is 0.393 e. The van der Waals surface area contributed by atoms with Crippen LogP contribution in [0.3, 0.4) is 0 Å². The van der Waals surface area contributed by atoms with E-state index in [9.17, 15) is 5.11 Å². The van der Waals surface area contributed by atoms with Crippen molar-refractivity contribution in [1.29, 1.82) is 0 Å². The Morgan fingerprint density at radius 1 is 0.933 bits per heavy atom. The van der Waals surface area contributed by atoms with Crippen LogP contribution in [0.4, 0.5) is 0 Å². The first kappa shape index (κ1) is 21.5. The maximum absolute atomic E-state index is 10.7. The molecule has 0 radical (unpaired) electrons. The van der Waals surface area contributed by atoms with Crippen LogP contribution in [0.1, 0.15) is 112 Å². The van der Waals surface area contributed by atoms with Crippen LogP contribution in [0.2, 0.25) is 0 Å². The number of fused-ring (bicyclic) bond motifs is 2. The Balaban J connectivity index is 1.39. The summed E-state index contributed by atoms with van der Waals surface area (Å²) in [6, 6.07) is 0. The van der Waals surface area contributed by atoms with Crippen LogP contribution in [-0.2, 0) is 0 Å². The summed E-state index contributed by atoms with van der Waals surface area (Å²) in [4.78, 5) is 0. The van der Waals surface area contributed by atoms with Gasteiger partial charge >= 0.3 is 0 Å². The molecule has 0 aromatic carbocycles. The fourth-order valence-corrected chi connectivity index (χ4v) is 10.8. The molecule has 0 saturated heterocycles. The highest BCUT2D eigenvalue weighted by atomic mass is 16.3. The molecule has 1 unspecified atom stereocenters. The van der Waals surface area contributed by atoms with Crippen molar-refractivity contribution in [1.82, 2.24) is 0 Å². The second kappa shape index (κ2) is 6.85. The summed E-state index contributed by atoms with van der Waals surface area (Å²) in [5.74, 6) is 3.94. The molecule has 0 aromatic rings. The third-order valence-electron chi connectivity index (χ3n) is 12.2. The van der Waals surface area contributed by atoms with Crippen molar-refractivity contribution in [2.45, 2.75) is 118 Å². The molecule has 0 aliphatic heterocycles. The predicted octanol–water partition coefficient (Wildman–Crippen LogP) is 7.78. The van der Waals surface area contributed by atoms with Crippen LogP contribution in [0, 0.1) is 51.2 Å². The van der Waals surface area contributed by atoms with E-state index < -0.39 is 0 Å². The smallest absolute Gasteiger partial charge is 0.0545 e. The molecule has 0 bridgehead atoms. The second-order valence-corrected chi connectivity index (χ2v) is 13.6. The Bertz CT molecular complexity index is 722. The molecular formula is C29H48O. The molecule has 4 fully saturated rings. The van der Waals surface area contributed by atoms with Gasteiger partial charge in [-0.3, -0.25) is 0 Å². The van der Waals surface area contributed by atoms with Crippen molar-refractivity contribution >= 4 is 0 Å². The minimum atomic E-state index is -0.107. The third-order valence-corrected chi connectivity index (χ3v) is 12.2. The Kier molecular flexibility index (Phi) is 4.92. The Labute approximate surface area is 186 Å². The fraction of sp³-hybridized carbons (Fsp3) is 0.931. The zero-order valence-electron chi connectivity index (χ0n) is 20.8. The zero-order chi connectivity index (χ0) is 21.5. The highest BCUT2D eigenvalue weighted by Crippen LogP contribution is 2.87. The van der Waals surface area contributed by atoms with Gasteiger partial charge in [0.2, 0.25) is 0 Å². The van der Waals surface area contributed by atoms with Gasteiger partial charge in [0.05, 0.1) is 6.10 Å². The molecule has 9 atom stereocenters. The van der Waals surface area contributed by atoms with Gasteiger partial charge in [0.15, 0.2) is 0 Å². The lowest BCUT2D eigenvalue weighted by Gasteiger charge is -2.61. The molecule has 1 nitrogen and oxygen atoms in total. The van der Waals surface area contributed by atoms with E-state index in [-0.39, 0.29) is 6.10 Å². The van der Waals surface area contributed by atoms with Gasteiger partial charge in [-0.2, -0.15) is 0 Å². The fourth-order valence-electron chi connectivity index (χ4n) is 10.8. The van der Waals surface area contributed by atoms with Gasteiger partial charge in [0.1, 0.15) is 0 Å². The van der Waals surface area contributed by atoms with E-state index in [1.807, 2.05) is 0 Å². The lowest BCUT2D eigenvalue weighted by molar-refractivity contribution is -0.122. The second-order valence-electron chi connectivity index (χ2n) is 13.6. The van der Waals surface area contributed by atoms with Gasteiger partial charge in [-0.05, 0) is 129 Å². The van der Waals surface area contributed by atoms with Crippen LogP contribution in [-0.4, -0.2) is 11.2 Å². The van der Waals surface area contributed by atoms with E-state index in [4.69, 9.17) is 0 Å². The van der Waals surface area contributed by atoms with Crippen molar-refractivity contribution in [2.75, 3.05) is 0 Å². The minimum absolute atomic E-state index is 0.107. The minimum Gasteiger partial charge on any atom is -0.393 e. The monoisotopic (exact) mass is 412 g/mol. The highest BCUT2D eigenvalue weighted by Gasteiger charge is 2.80. The number of rotatable bonds is 5. The van der Waals surface area contributed by atoms with Gasteiger partial charge in [-0.1, -0.05) is 46.3 Å². The molecule has 5 aliphatic carbocycles. The van der Waals surface area contributed by atoms with Gasteiger partial charge in [-0.25, -0.2) is 0 Å². The third kappa shape index (κ3) is 2.63. The predicted molar refractivity (Wildman–Crippen MR) is 126 cm³/mol. The van der Waals surface area contributed by atoms with E-state index in [1.165, 1.54) is 51.4 Å². The first-order valence-electron chi connectivity index (χ1n) is 13.4. The van der Waals surface area contributed by atoms with Gasteiger partial charge in [0.25, 0.3) is 0 Å². The molecule has 1 heteroatoms. The number of hydrogen-bond acceptors (Lipinski definition) is 1. The molecule has 5 aliphatic rings. The Hall–Kier alpha value is -0.300. The first-order chi connectivity index (χ1) is 14.1. The number of aliphatic hydroxyl groups is 1. The Morgan fingerprint density at radius 2 is 1.70 bits per heavy atom. The van der Waals surface area contributed by atoms with E-state index in [0.717, 1.165) is 30.6 Å². The maximum Gasteiger partial charge on any atom is 0.0545 e. The van der Waals surface area contributed by atoms with Gasteiger partial charge in [-0.15, -0.1) is 0 Å². The van der Waals surface area contributed by atoms with Crippen LogP contribution in [0.5, 0.6) is 0 Å². The van der Waals surface area contributed by atoms with E-state index in [1.54, 1.807) is 12.0 Å². The molecule has 0 heterocycles. The topological polar surface area (TPSA) is 20.2 Å². The summed E-state index contributed by atoms with van der Waals surface area (Å²) in [6.45, 7) is 14.8. The zero-order valence-corrected chi connectivity index (χ0v) is 20.8. The summed E-state index contributed by atoms with van der Waals surface area (Å²) in [6.07, 6.45) is 17.6. The summed E-state index contributed by atoms with van der Waals surface area (Å²) < 4.78 is 0. The van der Waals surface area contributed by atoms with Crippen LogP contribution in [0.15, 0.2) is 11.6 Å². The maximum atomic E-state index is 10.7. The standard InChI is InChI=1S/C29H48O/c1-19(2)16-22(30)17-21(4)23-11-13-27(6)25-10-9-24-20(3)8-7-12-28(24)18-29(25,28)15-14-26(23,27)5/h8,19,21-25,30H,7,9-18H2,1-6H3/t21-,22?,23-,24+,25+,26-,27+,28-,29+/m1/s1. The lowest BCUT2D eigenvalue weighted by atomic mass is 9.43. The van der Waals surface area contributed by atoms with Crippen molar-refractivity contribution in [3.05, 3.63) is 11.6 Å². The van der Waals surface area contributed by atoms with E-state index in [0.29, 0.717) is 33.5 Å². The molecule has 4 saturated carbocycles. The van der Waals surface area contributed by atoms with Crippen molar-refractivity contribution in [2.24, 2.45) is 51.2 Å². The molecule has 170 valence electrons. The molecule has 2 spiro atoms. The molecular weight excluding hydrogens is 364 g/mol.